The number of benzene rings is 1. The van der Waals surface area contributed by atoms with Gasteiger partial charge in [0.05, 0.1) is 11.6 Å². The summed E-state index contributed by atoms with van der Waals surface area (Å²) in [5.41, 5.74) is 6.94. The van der Waals surface area contributed by atoms with Gasteiger partial charge in [-0.15, -0.1) is 0 Å². The van der Waals surface area contributed by atoms with Crippen molar-refractivity contribution in [1.29, 1.82) is 0 Å². The average molecular weight is 288 g/mol. The van der Waals surface area contributed by atoms with Crippen LogP contribution in [0.3, 0.4) is 0 Å². The predicted molar refractivity (Wildman–Crippen MR) is 65.1 cm³/mol. The van der Waals surface area contributed by atoms with Crippen LogP contribution in [0.25, 0.3) is 0 Å². The van der Waals surface area contributed by atoms with Crippen molar-refractivity contribution >= 4 is 15.9 Å². The van der Waals surface area contributed by atoms with Crippen molar-refractivity contribution in [2.45, 2.75) is 31.2 Å². The minimum atomic E-state index is -0.267. The number of hydrogen-bond acceptors (Lipinski definition) is 2. The van der Waals surface area contributed by atoms with E-state index >= 15 is 0 Å². The lowest BCUT2D eigenvalue weighted by Crippen LogP contribution is -2.22. The fraction of sp³-hybridized carbons (Fsp3) is 0.500. The third-order valence-corrected chi connectivity index (χ3v) is 3.98. The molecule has 1 aromatic rings. The molecule has 0 spiro atoms. The van der Waals surface area contributed by atoms with Crippen LogP contribution >= 0.6 is 15.9 Å². The van der Waals surface area contributed by atoms with Crippen LogP contribution in [0.2, 0.25) is 0 Å². The Balaban J connectivity index is 2.15. The lowest BCUT2D eigenvalue weighted by atomic mass is 10.0. The molecule has 0 atom stereocenters. The van der Waals surface area contributed by atoms with Gasteiger partial charge in [-0.2, -0.15) is 0 Å². The highest BCUT2D eigenvalue weighted by Gasteiger charge is 2.37. The molecule has 0 aromatic heterocycles. The van der Waals surface area contributed by atoms with Crippen LogP contribution in [0, 0.1) is 5.82 Å². The third-order valence-electron chi connectivity index (χ3n) is 3.08. The molecule has 0 bridgehead atoms. The average Bonchev–Trinajstić information content (AvgIpc) is 2.98. The molecule has 4 heteroatoms. The second-order valence-corrected chi connectivity index (χ2v) is 5.24. The molecule has 16 heavy (non-hydrogen) atoms. The molecule has 0 unspecified atom stereocenters. The minimum absolute atomic E-state index is 0.000999. The van der Waals surface area contributed by atoms with Crippen LogP contribution in [0.4, 0.5) is 4.39 Å². The van der Waals surface area contributed by atoms with E-state index in [0.29, 0.717) is 5.75 Å². The summed E-state index contributed by atoms with van der Waals surface area (Å²) in [5.74, 6) is 0.272. The highest BCUT2D eigenvalue weighted by atomic mass is 79.9. The Morgan fingerprint density at radius 3 is 2.75 bits per heavy atom. The van der Waals surface area contributed by atoms with Crippen LogP contribution in [-0.2, 0) is 6.42 Å². The topological polar surface area (TPSA) is 35.2 Å². The summed E-state index contributed by atoms with van der Waals surface area (Å²) in [5, 5.41) is 0. The Kier molecular flexibility index (Phi) is 3.22. The van der Waals surface area contributed by atoms with Crippen LogP contribution in [0.1, 0.15) is 24.8 Å². The van der Waals surface area contributed by atoms with Gasteiger partial charge in [0, 0.05) is 11.6 Å². The van der Waals surface area contributed by atoms with Crippen molar-refractivity contribution in [2.75, 3.05) is 7.11 Å². The molecule has 88 valence electrons. The summed E-state index contributed by atoms with van der Waals surface area (Å²) in [6, 6.07) is 2.92. The molecule has 0 amide bonds. The first kappa shape index (κ1) is 11.9. The first-order chi connectivity index (χ1) is 7.54. The SMILES string of the molecule is COc1cc(F)cc(CCC2(N)CC2)c1Br. The standard InChI is InChI=1S/C12H15BrFNO/c1-16-10-7-9(14)6-8(11(10)13)2-3-12(15)4-5-12/h6-7H,2-5,15H2,1H3. The molecule has 0 aliphatic heterocycles. The van der Waals surface area contributed by atoms with Crippen molar-refractivity contribution in [1.82, 2.24) is 0 Å². The summed E-state index contributed by atoms with van der Waals surface area (Å²) in [4.78, 5) is 0. The minimum Gasteiger partial charge on any atom is -0.495 e. The van der Waals surface area contributed by atoms with Crippen LogP contribution < -0.4 is 10.5 Å². The second-order valence-electron chi connectivity index (χ2n) is 4.44. The number of hydrogen-bond donors (Lipinski definition) is 1. The highest BCUT2D eigenvalue weighted by Crippen LogP contribution is 2.38. The molecule has 1 aliphatic carbocycles. The van der Waals surface area contributed by atoms with E-state index in [1.54, 1.807) is 6.07 Å². The monoisotopic (exact) mass is 287 g/mol. The van der Waals surface area contributed by atoms with Crippen molar-refractivity contribution in [2.24, 2.45) is 5.73 Å². The molecule has 1 aromatic carbocycles. The normalized spacial score (nSPS) is 17.2. The zero-order chi connectivity index (χ0) is 11.8. The van der Waals surface area contributed by atoms with Gasteiger partial charge >= 0.3 is 0 Å². The smallest absolute Gasteiger partial charge is 0.136 e. The van der Waals surface area contributed by atoms with E-state index in [1.807, 2.05) is 0 Å². The van der Waals surface area contributed by atoms with E-state index in [-0.39, 0.29) is 11.4 Å². The fourth-order valence-corrected chi connectivity index (χ4v) is 2.33. The molecule has 2 N–H and O–H groups in total. The van der Waals surface area contributed by atoms with Gasteiger partial charge in [0.1, 0.15) is 11.6 Å². The molecule has 2 rings (SSSR count). The Labute approximate surface area is 103 Å². The van der Waals surface area contributed by atoms with Gasteiger partial charge in [0.2, 0.25) is 0 Å². The zero-order valence-electron chi connectivity index (χ0n) is 9.22. The molecule has 2 nitrogen and oxygen atoms in total. The Hall–Kier alpha value is -0.610. The zero-order valence-corrected chi connectivity index (χ0v) is 10.8. The Morgan fingerprint density at radius 2 is 2.19 bits per heavy atom. The van der Waals surface area contributed by atoms with E-state index in [0.717, 1.165) is 35.7 Å². The summed E-state index contributed by atoms with van der Waals surface area (Å²) < 4.78 is 19.2. The van der Waals surface area contributed by atoms with Crippen LogP contribution in [0.5, 0.6) is 5.75 Å². The van der Waals surface area contributed by atoms with Crippen molar-refractivity contribution in [3.63, 3.8) is 0 Å². The van der Waals surface area contributed by atoms with Gasteiger partial charge in [-0.1, -0.05) is 0 Å². The summed E-state index contributed by atoms with van der Waals surface area (Å²) in [6.07, 6.45) is 3.84. The maximum absolute atomic E-state index is 13.3. The Bertz CT molecular complexity index is 404. The van der Waals surface area contributed by atoms with E-state index in [9.17, 15) is 4.39 Å². The Morgan fingerprint density at radius 1 is 1.50 bits per heavy atom. The second kappa shape index (κ2) is 4.34. The molecule has 0 heterocycles. The van der Waals surface area contributed by atoms with E-state index < -0.39 is 0 Å². The molecular weight excluding hydrogens is 273 g/mol. The summed E-state index contributed by atoms with van der Waals surface area (Å²) in [7, 11) is 1.54. The maximum Gasteiger partial charge on any atom is 0.136 e. The van der Waals surface area contributed by atoms with Gasteiger partial charge in [0.15, 0.2) is 0 Å². The van der Waals surface area contributed by atoms with Crippen LogP contribution in [-0.4, -0.2) is 12.6 Å². The van der Waals surface area contributed by atoms with Crippen molar-refractivity contribution < 1.29 is 9.13 Å². The van der Waals surface area contributed by atoms with Crippen molar-refractivity contribution in [3.8, 4) is 5.75 Å². The summed E-state index contributed by atoms with van der Waals surface area (Å²) in [6.45, 7) is 0. The third kappa shape index (κ3) is 2.55. The van der Waals surface area contributed by atoms with Gasteiger partial charge in [-0.05, 0) is 53.2 Å². The van der Waals surface area contributed by atoms with Crippen LogP contribution in [0.15, 0.2) is 16.6 Å². The number of methoxy groups -OCH3 is 1. The van der Waals surface area contributed by atoms with E-state index in [2.05, 4.69) is 15.9 Å². The molecule has 0 saturated heterocycles. The summed E-state index contributed by atoms with van der Waals surface area (Å²) >= 11 is 3.43. The van der Waals surface area contributed by atoms with Gasteiger partial charge in [-0.25, -0.2) is 4.39 Å². The molecular formula is C12H15BrFNO. The quantitative estimate of drug-likeness (QED) is 0.924. The number of rotatable bonds is 4. The fourth-order valence-electron chi connectivity index (χ4n) is 1.74. The molecule has 1 aliphatic rings. The largest absolute Gasteiger partial charge is 0.495 e. The number of ether oxygens (including phenoxy) is 1. The lowest BCUT2D eigenvalue weighted by Gasteiger charge is -2.12. The first-order valence-corrected chi connectivity index (χ1v) is 6.14. The molecule has 1 saturated carbocycles. The number of aryl methyl sites for hydroxylation is 1. The highest BCUT2D eigenvalue weighted by molar-refractivity contribution is 9.10. The maximum atomic E-state index is 13.3. The predicted octanol–water partition coefficient (Wildman–Crippen LogP) is 3.02. The van der Waals surface area contributed by atoms with E-state index in [1.165, 1.54) is 13.2 Å². The number of nitrogens with two attached hydrogens (primary N) is 1. The van der Waals surface area contributed by atoms with Gasteiger partial charge in [-0.3, -0.25) is 0 Å². The van der Waals surface area contributed by atoms with Gasteiger partial charge < -0.3 is 10.5 Å². The first-order valence-electron chi connectivity index (χ1n) is 5.35. The van der Waals surface area contributed by atoms with Gasteiger partial charge in [0.25, 0.3) is 0 Å². The number of halogens is 2. The van der Waals surface area contributed by atoms with E-state index in [4.69, 9.17) is 10.5 Å². The molecule has 1 fully saturated rings. The molecule has 0 radical (unpaired) electrons. The lowest BCUT2D eigenvalue weighted by molar-refractivity contribution is 0.407. The van der Waals surface area contributed by atoms with Crippen molar-refractivity contribution in [3.05, 3.63) is 28.0 Å².